The predicted molar refractivity (Wildman–Crippen MR) is 131 cm³/mol. The summed E-state index contributed by atoms with van der Waals surface area (Å²) in [5.74, 6) is 5.29. The Labute approximate surface area is 195 Å². The molecule has 1 fully saturated rings. The minimum atomic E-state index is -0.319. The van der Waals surface area contributed by atoms with Crippen LogP contribution in [0, 0.1) is 0 Å². The summed E-state index contributed by atoms with van der Waals surface area (Å²) in [5, 5.41) is 10.2. The van der Waals surface area contributed by atoms with E-state index in [1.165, 1.54) is 5.56 Å². The largest absolute Gasteiger partial charge is 0.508 e. The van der Waals surface area contributed by atoms with Crippen molar-refractivity contribution in [3.8, 4) is 5.75 Å². The Hall–Kier alpha value is -3.19. The molecular formula is C27H32N4O2. The Morgan fingerprint density at radius 1 is 0.970 bits per heavy atom. The molecule has 6 nitrogen and oxygen atoms in total. The lowest BCUT2D eigenvalue weighted by Gasteiger charge is -2.47. The average molecular weight is 445 g/mol. The van der Waals surface area contributed by atoms with Crippen LogP contribution in [-0.2, 0) is 6.54 Å². The third-order valence-corrected chi connectivity index (χ3v) is 6.51. The molecule has 1 saturated heterocycles. The van der Waals surface area contributed by atoms with Gasteiger partial charge in [-0.25, -0.2) is 5.84 Å². The minimum absolute atomic E-state index is 0.0982. The zero-order chi connectivity index (χ0) is 23.4. The number of benzene rings is 3. The molecule has 0 saturated carbocycles. The normalized spacial score (nSPS) is 20.3. The highest BCUT2D eigenvalue weighted by molar-refractivity contribution is 5.93. The number of piperazine rings is 1. The van der Waals surface area contributed by atoms with E-state index in [1.807, 2.05) is 42.5 Å². The van der Waals surface area contributed by atoms with Crippen LogP contribution in [0.3, 0.4) is 0 Å². The van der Waals surface area contributed by atoms with E-state index in [2.05, 4.69) is 53.3 Å². The number of carbonyl (C=O) groups is 1. The summed E-state index contributed by atoms with van der Waals surface area (Å²) in [6, 6.07) is 26.1. The van der Waals surface area contributed by atoms with Gasteiger partial charge < -0.3 is 5.11 Å². The van der Waals surface area contributed by atoms with E-state index in [0.29, 0.717) is 11.6 Å². The van der Waals surface area contributed by atoms with Gasteiger partial charge in [-0.1, -0.05) is 54.6 Å². The van der Waals surface area contributed by atoms with Crippen molar-refractivity contribution < 1.29 is 9.90 Å². The first kappa shape index (κ1) is 23.0. The van der Waals surface area contributed by atoms with Gasteiger partial charge in [0.05, 0.1) is 6.04 Å². The Kier molecular flexibility index (Phi) is 7.08. The van der Waals surface area contributed by atoms with Gasteiger partial charge in [-0.05, 0) is 54.8 Å². The minimum Gasteiger partial charge on any atom is -0.508 e. The molecule has 6 heteroatoms. The number of hydrogen-bond donors (Lipinski definition) is 3. The molecule has 3 aromatic carbocycles. The predicted octanol–water partition coefficient (Wildman–Crippen LogP) is 3.68. The van der Waals surface area contributed by atoms with E-state index in [1.54, 1.807) is 12.1 Å². The van der Waals surface area contributed by atoms with Crippen LogP contribution in [0.5, 0.6) is 5.75 Å². The van der Waals surface area contributed by atoms with E-state index in [4.69, 9.17) is 5.84 Å². The number of nitrogen functional groups attached to an aromatic ring is 1. The first-order chi connectivity index (χ1) is 16.0. The monoisotopic (exact) mass is 444 g/mol. The van der Waals surface area contributed by atoms with Crippen molar-refractivity contribution in [3.63, 3.8) is 0 Å². The number of nitrogens with one attached hydrogen (secondary N) is 1. The van der Waals surface area contributed by atoms with Crippen molar-refractivity contribution in [2.24, 2.45) is 5.84 Å². The molecule has 3 aromatic rings. The average Bonchev–Trinajstić information content (AvgIpc) is 2.82. The zero-order valence-corrected chi connectivity index (χ0v) is 19.2. The van der Waals surface area contributed by atoms with Gasteiger partial charge in [0.25, 0.3) is 5.91 Å². The van der Waals surface area contributed by atoms with Crippen LogP contribution in [-0.4, -0.2) is 46.0 Å². The second-order valence-corrected chi connectivity index (χ2v) is 8.91. The zero-order valence-electron chi connectivity index (χ0n) is 19.2. The Morgan fingerprint density at radius 2 is 1.67 bits per heavy atom. The van der Waals surface area contributed by atoms with Gasteiger partial charge >= 0.3 is 0 Å². The van der Waals surface area contributed by atoms with E-state index in [-0.39, 0.29) is 23.7 Å². The van der Waals surface area contributed by atoms with E-state index in [0.717, 1.165) is 30.8 Å². The topological polar surface area (TPSA) is 81.8 Å². The molecule has 0 radical (unpaired) electrons. The lowest BCUT2D eigenvalue weighted by Crippen LogP contribution is -2.56. The molecule has 0 aliphatic carbocycles. The molecule has 1 amide bonds. The third kappa shape index (κ3) is 5.25. The van der Waals surface area contributed by atoms with Crippen molar-refractivity contribution >= 4 is 5.91 Å². The second kappa shape index (κ2) is 10.2. The number of nitrogens with zero attached hydrogens (tertiary/aromatic N) is 2. The molecular weight excluding hydrogens is 412 g/mol. The summed E-state index contributed by atoms with van der Waals surface area (Å²) in [4.78, 5) is 17.2. The van der Waals surface area contributed by atoms with Gasteiger partial charge in [0, 0.05) is 37.3 Å². The molecule has 1 aliphatic rings. The number of carbonyl (C=O) groups excluding carboxylic acids is 1. The standard InChI is InChI=1S/C27H32N4O2/c1-19-17-31(20(2)16-30(19)18-21-8-4-3-5-9-21)26(23-11-7-13-25(32)15-23)22-10-6-12-24(14-22)27(33)29-28/h3-15,19-20,26,32H,16-18,28H2,1-2H3,(H,29,33)/t19-,20+,26-/m1/s1. The molecule has 1 heterocycles. The first-order valence-corrected chi connectivity index (χ1v) is 11.4. The molecule has 0 aromatic heterocycles. The van der Waals surface area contributed by atoms with E-state index >= 15 is 0 Å². The summed E-state index contributed by atoms with van der Waals surface area (Å²) in [6.07, 6.45) is 0. The third-order valence-electron chi connectivity index (χ3n) is 6.51. The van der Waals surface area contributed by atoms with Crippen LogP contribution in [0.15, 0.2) is 78.9 Å². The van der Waals surface area contributed by atoms with Crippen molar-refractivity contribution in [1.82, 2.24) is 15.2 Å². The van der Waals surface area contributed by atoms with Crippen molar-refractivity contribution in [3.05, 3.63) is 101 Å². The summed E-state index contributed by atoms with van der Waals surface area (Å²) in [5.41, 5.74) is 6.05. The fourth-order valence-electron chi connectivity index (χ4n) is 4.83. The van der Waals surface area contributed by atoms with Crippen LogP contribution in [0.4, 0.5) is 0 Å². The lowest BCUT2D eigenvalue weighted by atomic mass is 9.92. The number of nitrogens with two attached hydrogens (primary N) is 1. The number of phenols is 1. The smallest absolute Gasteiger partial charge is 0.265 e. The molecule has 1 aliphatic heterocycles. The van der Waals surface area contributed by atoms with E-state index in [9.17, 15) is 9.90 Å². The van der Waals surface area contributed by atoms with E-state index < -0.39 is 0 Å². The summed E-state index contributed by atoms with van der Waals surface area (Å²) in [6.45, 7) is 7.22. The van der Waals surface area contributed by atoms with Gasteiger partial charge in [0.1, 0.15) is 5.75 Å². The Balaban J connectivity index is 1.66. The van der Waals surface area contributed by atoms with Crippen molar-refractivity contribution in [1.29, 1.82) is 0 Å². The first-order valence-electron chi connectivity index (χ1n) is 11.4. The van der Waals surface area contributed by atoms with Crippen LogP contribution < -0.4 is 11.3 Å². The number of hydrazine groups is 1. The Bertz CT molecular complexity index is 1090. The summed E-state index contributed by atoms with van der Waals surface area (Å²) in [7, 11) is 0. The molecule has 3 atom stereocenters. The summed E-state index contributed by atoms with van der Waals surface area (Å²) < 4.78 is 0. The van der Waals surface area contributed by atoms with Crippen LogP contribution in [0.2, 0.25) is 0 Å². The highest BCUT2D eigenvalue weighted by atomic mass is 16.3. The fourth-order valence-corrected chi connectivity index (χ4v) is 4.83. The van der Waals surface area contributed by atoms with Gasteiger partial charge in [-0.15, -0.1) is 0 Å². The number of phenolic OH excluding ortho intramolecular Hbond substituents is 1. The van der Waals surface area contributed by atoms with Gasteiger partial charge in [-0.2, -0.15) is 0 Å². The molecule has 0 bridgehead atoms. The van der Waals surface area contributed by atoms with Crippen LogP contribution in [0.25, 0.3) is 0 Å². The van der Waals surface area contributed by atoms with Crippen molar-refractivity contribution in [2.75, 3.05) is 13.1 Å². The van der Waals surface area contributed by atoms with Crippen molar-refractivity contribution in [2.45, 2.75) is 38.5 Å². The van der Waals surface area contributed by atoms with Gasteiger partial charge in [-0.3, -0.25) is 20.0 Å². The number of amides is 1. The molecule has 33 heavy (non-hydrogen) atoms. The number of aromatic hydroxyl groups is 1. The molecule has 0 spiro atoms. The number of hydrogen-bond acceptors (Lipinski definition) is 5. The van der Waals surface area contributed by atoms with Crippen LogP contribution >= 0.6 is 0 Å². The summed E-state index contributed by atoms with van der Waals surface area (Å²) >= 11 is 0. The lowest BCUT2D eigenvalue weighted by molar-refractivity contribution is 0.0195. The SMILES string of the molecule is C[C@@H]1CN([C@@H](c2cccc(O)c2)c2cccc(C(=O)NN)c2)[C@@H](C)CN1Cc1ccccc1. The maximum Gasteiger partial charge on any atom is 0.265 e. The molecule has 4 N–H and O–H groups in total. The fraction of sp³-hybridized carbons (Fsp3) is 0.296. The molecule has 4 rings (SSSR count). The maximum absolute atomic E-state index is 12.2. The quantitative estimate of drug-likeness (QED) is 0.307. The maximum atomic E-state index is 12.2. The van der Waals surface area contributed by atoms with Crippen LogP contribution in [0.1, 0.15) is 46.9 Å². The second-order valence-electron chi connectivity index (χ2n) is 8.91. The number of rotatable bonds is 6. The highest BCUT2D eigenvalue weighted by Crippen LogP contribution is 2.35. The van der Waals surface area contributed by atoms with Gasteiger partial charge in [0.15, 0.2) is 0 Å². The van der Waals surface area contributed by atoms with Gasteiger partial charge in [0.2, 0.25) is 0 Å². The Morgan fingerprint density at radius 3 is 2.36 bits per heavy atom. The highest BCUT2D eigenvalue weighted by Gasteiger charge is 2.35. The molecule has 0 unspecified atom stereocenters. The molecule has 172 valence electrons.